The number of carbonyl (C=O) groups excluding carboxylic acids is 1. The molecule has 0 spiro atoms. The van der Waals surface area contributed by atoms with Gasteiger partial charge in [0, 0.05) is 37.1 Å². The maximum Gasteiger partial charge on any atom is 0.221 e. The minimum Gasteiger partial charge on any atom is -0.333 e. The predicted octanol–water partition coefficient (Wildman–Crippen LogP) is 3.11. The van der Waals surface area contributed by atoms with E-state index >= 15 is 0 Å². The van der Waals surface area contributed by atoms with E-state index in [4.69, 9.17) is 0 Å². The van der Waals surface area contributed by atoms with Gasteiger partial charge < -0.3 is 27.4 Å². The van der Waals surface area contributed by atoms with E-state index in [1.165, 1.54) is 37.4 Å². The third kappa shape index (κ3) is 14.0. The second-order valence-electron chi connectivity index (χ2n) is 7.17. The summed E-state index contributed by atoms with van der Waals surface area (Å²) in [5.41, 5.74) is 11.2. The van der Waals surface area contributed by atoms with E-state index in [2.05, 4.69) is 69.1 Å². The van der Waals surface area contributed by atoms with E-state index in [9.17, 15) is 4.79 Å². The molecule has 1 aliphatic heterocycles. The molecule has 8 heteroatoms. The van der Waals surface area contributed by atoms with E-state index in [1.54, 1.807) is 18.9 Å². The van der Waals surface area contributed by atoms with Crippen LogP contribution in [0.25, 0.3) is 0 Å². The molecule has 1 amide bonds. The van der Waals surface area contributed by atoms with Crippen molar-refractivity contribution in [1.82, 2.24) is 14.9 Å². The van der Waals surface area contributed by atoms with Gasteiger partial charge in [-0.25, -0.2) is 4.31 Å². The molecule has 1 saturated heterocycles. The van der Waals surface area contributed by atoms with Crippen LogP contribution in [0, 0.1) is 0 Å². The number of nitrogens with two attached hydrogens (primary N) is 2. The standard InChI is InChI=1S/C13H18N2O.C10H16N2S.2CH5N/c1-10(16)15-13-7-3-2-6-12(13)11-5-4-8-14-9-11;1-11-8-9-12(2)13-10-6-4-3-5-7-10;2*1-2/h2-3,6-7,11,14H,4-5,8-9H2,1H3,(H,15,16);3-7,11H,8-9H2,1-2H3;2*2H2,1H3. The fourth-order valence-electron chi connectivity index (χ4n) is 3.25. The van der Waals surface area contributed by atoms with Crippen molar-refractivity contribution in [2.45, 2.75) is 30.6 Å². The maximum absolute atomic E-state index is 11.1. The van der Waals surface area contributed by atoms with Crippen LogP contribution in [0.5, 0.6) is 0 Å². The molecule has 1 aliphatic rings. The molecule has 0 aliphatic carbocycles. The lowest BCUT2D eigenvalue weighted by atomic mass is 9.90. The molecule has 33 heavy (non-hydrogen) atoms. The van der Waals surface area contributed by atoms with Crippen LogP contribution in [-0.4, -0.2) is 64.6 Å². The molecule has 7 nitrogen and oxygen atoms in total. The van der Waals surface area contributed by atoms with Gasteiger partial charge in [0.25, 0.3) is 0 Å². The highest BCUT2D eigenvalue weighted by Crippen LogP contribution is 2.29. The SMILES string of the molecule is CC(=O)Nc1ccccc1C1CCCNC1.CN.CN.CNCCN(C)Sc1ccccc1. The van der Waals surface area contributed by atoms with Crippen LogP contribution in [-0.2, 0) is 4.79 Å². The zero-order chi connectivity index (χ0) is 24.9. The summed E-state index contributed by atoms with van der Waals surface area (Å²) in [4.78, 5) is 12.4. The highest BCUT2D eigenvalue weighted by Gasteiger charge is 2.18. The van der Waals surface area contributed by atoms with Crippen LogP contribution >= 0.6 is 11.9 Å². The third-order valence-electron chi connectivity index (χ3n) is 4.69. The van der Waals surface area contributed by atoms with Gasteiger partial charge >= 0.3 is 0 Å². The maximum atomic E-state index is 11.1. The number of likely N-dealkylation sites (N-methyl/N-ethyl adjacent to an activating group) is 2. The van der Waals surface area contributed by atoms with E-state index in [0.29, 0.717) is 5.92 Å². The van der Waals surface area contributed by atoms with E-state index in [1.807, 2.05) is 31.3 Å². The highest BCUT2D eigenvalue weighted by molar-refractivity contribution is 7.97. The van der Waals surface area contributed by atoms with Gasteiger partial charge in [0.2, 0.25) is 5.91 Å². The number of anilines is 1. The van der Waals surface area contributed by atoms with Crippen molar-refractivity contribution >= 4 is 23.5 Å². The molecule has 1 fully saturated rings. The van der Waals surface area contributed by atoms with Crippen LogP contribution in [0.4, 0.5) is 5.69 Å². The van der Waals surface area contributed by atoms with Crippen molar-refractivity contribution in [3.63, 3.8) is 0 Å². The third-order valence-corrected chi connectivity index (χ3v) is 5.67. The Balaban J connectivity index is 0.000000549. The average molecular weight is 477 g/mol. The summed E-state index contributed by atoms with van der Waals surface area (Å²) in [5, 5.41) is 9.43. The molecule has 1 heterocycles. The number of nitrogens with zero attached hydrogens (tertiary/aromatic N) is 1. The second-order valence-corrected chi connectivity index (χ2v) is 8.45. The fourth-order valence-corrected chi connectivity index (χ4v) is 4.07. The molecule has 1 atom stereocenters. The Kier molecular flexibility index (Phi) is 19.4. The number of rotatable bonds is 7. The summed E-state index contributed by atoms with van der Waals surface area (Å²) in [6, 6.07) is 18.5. The summed E-state index contributed by atoms with van der Waals surface area (Å²) < 4.78 is 2.23. The summed E-state index contributed by atoms with van der Waals surface area (Å²) in [5.74, 6) is 0.521. The molecule has 0 radical (unpaired) electrons. The zero-order valence-corrected chi connectivity index (χ0v) is 21.8. The Hall–Kier alpha value is -1.94. The topological polar surface area (TPSA) is 108 Å². The van der Waals surface area contributed by atoms with Gasteiger partial charge in [0.05, 0.1) is 0 Å². The number of benzene rings is 2. The average Bonchev–Trinajstić information content (AvgIpc) is 2.87. The van der Waals surface area contributed by atoms with Gasteiger partial charge in [0.15, 0.2) is 0 Å². The fraction of sp³-hybridized carbons (Fsp3) is 0.480. The van der Waals surface area contributed by atoms with Crippen LogP contribution < -0.4 is 27.4 Å². The summed E-state index contributed by atoms with van der Waals surface area (Å²) in [7, 11) is 7.08. The minimum atomic E-state index is -0.00350. The van der Waals surface area contributed by atoms with E-state index in [0.717, 1.165) is 31.9 Å². The molecule has 1 unspecified atom stereocenters. The van der Waals surface area contributed by atoms with Gasteiger partial charge in [-0.05, 0) is 89.2 Å². The molecular weight excluding hydrogens is 432 g/mol. The molecule has 0 saturated carbocycles. The summed E-state index contributed by atoms with van der Waals surface area (Å²) >= 11 is 1.78. The highest BCUT2D eigenvalue weighted by atomic mass is 32.2. The first-order chi connectivity index (χ1) is 16.1. The molecule has 186 valence electrons. The Morgan fingerprint density at radius 1 is 1.09 bits per heavy atom. The Morgan fingerprint density at radius 3 is 2.30 bits per heavy atom. The number of para-hydroxylation sites is 1. The van der Waals surface area contributed by atoms with Crippen LogP contribution in [0.3, 0.4) is 0 Å². The number of hydrogen-bond acceptors (Lipinski definition) is 7. The number of nitrogens with one attached hydrogen (secondary N) is 3. The largest absolute Gasteiger partial charge is 0.333 e. The molecule has 2 aromatic carbocycles. The predicted molar refractivity (Wildman–Crippen MR) is 145 cm³/mol. The summed E-state index contributed by atoms with van der Waals surface area (Å²) in [6.07, 6.45) is 2.41. The zero-order valence-electron chi connectivity index (χ0n) is 20.9. The summed E-state index contributed by atoms with van der Waals surface area (Å²) in [6.45, 7) is 5.75. The normalized spacial score (nSPS) is 14.5. The van der Waals surface area contributed by atoms with Crippen LogP contribution in [0.1, 0.15) is 31.2 Å². The Labute approximate surface area is 205 Å². The lowest BCUT2D eigenvalue weighted by molar-refractivity contribution is -0.114. The van der Waals surface area contributed by atoms with Gasteiger partial charge in [-0.3, -0.25) is 4.79 Å². The smallest absolute Gasteiger partial charge is 0.221 e. The van der Waals surface area contributed by atoms with Crippen molar-refractivity contribution in [2.75, 3.05) is 59.7 Å². The van der Waals surface area contributed by atoms with E-state index in [-0.39, 0.29) is 5.91 Å². The first kappa shape index (κ1) is 31.1. The Morgan fingerprint density at radius 2 is 1.73 bits per heavy atom. The van der Waals surface area contributed by atoms with Gasteiger partial charge in [0.1, 0.15) is 0 Å². The van der Waals surface area contributed by atoms with Crippen LogP contribution in [0.15, 0.2) is 59.5 Å². The molecular formula is C25H44N6OS. The molecule has 3 rings (SSSR count). The van der Waals surface area contributed by atoms with Crippen molar-refractivity contribution in [1.29, 1.82) is 0 Å². The quantitative estimate of drug-likeness (QED) is 0.391. The lowest BCUT2D eigenvalue weighted by Crippen LogP contribution is -2.29. The molecule has 0 bridgehead atoms. The van der Waals surface area contributed by atoms with Gasteiger partial charge in [-0.15, -0.1) is 0 Å². The van der Waals surface area contributed by atoms with Gasteiger partial charge in [-0.2, -0.15) is 0 Å². The van der Waals surface area contributed by atoms with Crippen LogP contribution in [0.2, 0.25) is 0 Å². The van der Waals surface area contributed by atoms with Crippen molar-refractivity contribution in [2.24, 2.45) is 11.5 Å². The minimum absolute atomic E-state index is 0.00350. The lowest BCUT2D eigenvalue weighted by Gasteiger charge is -2.25. The van der Waals surface area contributed by atoms with Crippen molar-refractivity contribution < 1.29 is 4.79 Å². The first-order valence-corrected chi connectivity index (χ1v) is 12.2. The number of piperidine rings is 1. The molecule has 0 aromatic heterocycles. The Bertz CT molecular complexity index is 726. The van der Waals surface area contributed by atoms with E-state index < -0.39 is 0 Å². The first-order valence-electron chi connectivity index (χ1n) is 11.4. The number of hydrogen-bond donors (Lipinski definition) is 5. The molecule has 2 aromatic rings. The number of amides is 1. The number of carbonyl (C=O) groups is 1. The van der Waals surface area contributed by atoms with Crippen molar-refractivity contribution in [3.8, 4) is 0 Å². The second kappa shape index (κ2) is 20.7. The molecule has 7 N–H and O–H groups in total. The monoisotopic (exact) mass is 476 g/mol. The van der Waals surface area contributed by atoms with Crippen molar-refractivity contribution in [3.05, 3.63) is 60.2 Å². The van der Waals surface area contributed by atoms with Gasteiger partial charge in [-0.1, -0.05) is 36.4 Å².